The first-order valence-electron chi connectivity index (χ1n) is 6.34. The van der Waals surface area contributed by atoms with Crippen LogP contribution in [0.25, 0.3) is 0 Å². The van der Waals surface area contributed by atoms with E-state index in [9.17, 15) is 4.39 Å². The Bertz CT molecular complexity index is 557. The van der Waals surface area contributed by atoms with Gasteiger partial charge in [-0.3, -0.25) is 0 Å². The van der Waals surface area contributed by atoms with Gasteiger partial charge in [-0.2, -0.15) is 0 Å². The standard InChI is InChI=1S/C16H16FN/c1-11-8-12(10-13(17)9-11)14-6-7-18-16-5-3-2-4-15(14)16/h2-5,8-10,14,18H,6-7H2,1H3. The summed E-state index contributed by atoms with van der Waals surface area (Å²) in [5.74, 6) is 0.165. The third-order valence-corrected chi connectivity index (χ3v) is 3.55. The minimum absolute atomic E-state index is 0.138. The molecule has 0 aliphatic carbocycles. The number of nitrogens with one attached hydrogen (secondary N) is 1. The molecule has 1 aliphatic rings. The van der Waals surface area contributed by atoms with Crippen LogP contribution in [0.4, 0.5) is 10.1 Å². The summed E-state index contributed by atoms with van der Waals surface area (Å²) < 4.78 is 13.5. The number of hydrogen-bond donors (Lipinski definition) is 1. The molecule has 0 saturated heterocycles. The smallest absolute Gasteiger partial charge is 0.123 e. The highest BCUT2D eigenvalue weighted by molar-refractivity contribution is 5.57. The first-order valence-corrected chi connectivity index (χ1v) is 6.34. The second-order valence-electron chi connectivity index (χ2n) is 4.92. The lowest BCUT2D eigenvalue weighted by molar-refractivity contribution is 0.618. The van der Waals surface area contributed by atoms with Crippen molar-refractivity contribution in [1.29, 1.82) is 0 Å². The molecular formula is C16H16FN. The molecule has 2 aromatic rings. The van der Waals surface area contributed by atoms with Crippen LogP contribution in [0, 0.1) is 12.7 Å². The fourth-order valence-corrected chi connectivity index (χ4v) is 2.78. The molecule has 0 fully saturated rings. The molecule has 1 unspecified atom stereocenters. The first kappa shape index (κ1) is 11.3. The quantitative estimate of drug-likeness (QED) is 0.793. The van der Waals surface area contributed by atoms with Crippen molar-refractivity contribution >= 4 is 5.69 Å². The van der Waals surface area contributed by atoms with Gasteiger partial charge in [-0.05, 0) is 48.2 Å². The summed E-state index contributed by atoms with van der Waals surface area (Å²) in [4.78, 5) is 0. The van der Waals surface area contributed by atoms with E-state index in [0.717, 1.165) is 24.1 Å². The van der Waals surface area contributed by atoms with Crippen molar-refractivity contribution in [2.45, 2.75) is 19.3 Å². The third kappa shape index (κ3) is 1.99. The van der Waals surface area contributed by atoms with Gasteiger partial charge in [-0.25, -0.2) is 4.39 Å². The van der Waals surface area contributed by atoms with E-state index in [1.165, 1.54) is 11.3 Å². The van der Waals surface area contributed by atoms with E-state index in [4.69, 9.17) is 0 Å². The number of rotatable bonds is 1. The molecule has 0 radical (unpaired) electrons. The van der Waals surface area contributed by atoms with Gasteiger partial charge in [0.2, 0.25) is 0 Å². The number of aryl methyl sites for hydroxylation is 1. The van der Waals surface area contributed by atoms with Crippen molar-refractivity contribution in [2.75, 3.05) is 11.9 Å². The van der Waals surface area contributed by atoms with Crippen molar-refractivity contribution in [3.05, 3.63) is 65.0 Å². The highest BCUT2D eigenvalue weighted by Gasteiger charge is 2.21. The SMILES string of the molecule is Cc1cc(F)cc(C2CCNc3ccccc32)c1. The van der Waals surface area contributed by atoms with Crippen LogP contribution in [0.1, 0.15) is 29.0 Å². The van der Waals surface area contributed by atoms with Gasteiger partial charge in [0.05, 0.1) is 0 Å². The lowest BCUT2D eigenvalue weighted by Crippen LogP contribution is -2.17. The maximum Gasteiger partial charge on any atom is 0.123 e. The summed E-state index contributed by atoms with van der Waals surface area (Å²) in [6.07, 6.45) is 1.01. The van der Waals surface area contributed by atoms with Gasteiger partial charge in [-0.1, -0.05) is 24.3 Å². The minimum atomic E-state index is -0.138. The van der Waals surface area contributed by atoms with Crippen LogP contribution >= 0.6 is 0 Å². The molecule has 3 rings (SSSR count). The maximum atomic E-state index is 13.5. The Hall–Kier alpha value is -1.83. The zero-order chi connectivity index (χ0) is 12.5. The molecule has 92 valence electrons. The van der Waals surface area contributed by atoms with Gasteiger partial charge in [0.25, 0.3) is 0 Å². The van der Waals surface area contributed by atoms with E-state index in [1.54, 1.807) is 12.1 Å². The molecule has 1 nitrogen and oxygen atoms in total. The lowest BCUT2D eigenvalue weighted by Gasteiger charge is -2.27. The van der Waals surface area contributed by atoms with Gasteiger partial charge >= 0.3 is 0 Å². The first-order chi connectivity index (χ1) is 8.74. The van der Waals surface area contributed by atoms with Gasteiger partial charge in [0, 0.05) is 18.2 Å². The van der Waals surface area contributed by atoms with Crippen LogP contribution in [0.2, 0.25) is 0 Å². The summed E-state index contributed by atoms with van der Waals surface area (Å²) >= 11 is 0. The van der Waals surface area contributed by atoms with E-state index in [0.29, 0.717) is 5.92 Å². The normalized spacial score (nSPS) is 18.0. The molecular weight excluding hydrogens is 225 g/mol. The Labute approximate surface area is 107 Å². The Balaban J connectivity index is 2.08. The molecule has 2 aromatic carbocycles. The minimum Gasteiger partial charge on any atom is -0.385 e. The Morgan fingerprint density at radius 1 is 1.17 bits per heavy atom. The average molecular weight is 241 g/mol. The maximum absolute atomic E-state index is 13.5. The molecule has 0 aromatic heterocycles. The predicted molar refractivity (Wildman–Crippen MR) is 72.5 cm³/mol. The molecule has 0 bridgehead atoms. The van der Waals surface area contributed by atoms with Crippen LogP contribution in [-0.4, -0.2) is 6.54 Å². The number of halogens is 1. The van der Waals surface area contributed by atoms with E-state index in [2.05, 4.69) is 23.5 Å². The fraction of sp³-hybridized carbons (Fsp3) is 0.250. The van der Waals surface area contributed by atoms with Gasteiger partial charge < -0.3 is 5.32 Å². The van der Waals surface area contributed by atoms with Crippen molar-refractivity contribution < 1.29 is 4.39 Å². The highest BCUT2D eigenvalue weighted by Crippen LogP contribution is 2.36. The number of para-hydroxylation sites is 1. The molecule has 0 amide bonds. The topological polar surface area (TPSA) is 12.0 Å². The number of anilines is 1. The molecule has 1 aliphatic heterocycles. The number of fused-ring (bicyclic) bond motifs is 1. The fourth-order valence-electron chi connectivity index (χ4n) is 2.78. The molecule has 0 spiro atoms. The molecule has 0 saturated carbocycles. The largest absolute Gasteiger partial charge is 0.385 e. The van der Waals surface area contributed by atoms with Crippen LogP contribution < -0.4 is 5.32 Å². The molecule has 1 N–H and O–H groups in total. The van der Waals surface area contributed by atoms with E-state index in [1.807, 2.05) is 19.1 Å². The molecule has 2 heteroatoms. The van der Waals surface area contributed by atoms with E-state index >= 15 is 0 Å². The van der Waals surface area contributed by atoms with E-state index in [-0.39, 0.29) is 5.82 Å². The summed E-state index contributed by atoms with van der Waals surface area (Å²) in [6, 6.07) is 13.6. The molecule has 18 heavy (non-hydrogen) atoms. The van der Waals surface area contributed by atoms with Crippen molar-refractivity contribution in [2.24, 2.45) is 0 Å². The monoisotopic (exact) mass is 241 g/mol. The van der Waals surface area contributed by atoms with Crippen molar-refractivity contribution in [1.82, 2.24) is 0 Å². The van der Waals surface area contributed by atoms with Crippen LogP contribution in [0.3, 0.4) is 0 Å². The summed E-state index contributed by atoms with van der Waals surface area (Å²) in [6.45, 7) is 2.89. The van der Waals surface area contributed by atoms with Crippen LogP contribution in [0.5, 0.6) is 0 Å². The lowest BCUT2D eigenvalue weighted by atomic mass is 9.84. The highest BCUT2D eigenvalue weighted by atomic mass is 19.1. The van der Waals surface area contributed by atoms with Gasteiger partial charge in [0.1, 0.15) is 5.82 Å². The summed E-state index contributed by atoms with van der Waals surface area (Å²) in [7, 11) is 0. The average Bonchev–Trinajstić information content (AvgIpc) is 2.37. The Morgan fingerprint density at radius 2 is 2.00 bits per heavy atom. The Kier molecular flexibility index (Phi) is 2.78. The number of benzene rings is 2. The van der Waals surface area contributed by atoms with Crippen molar-refractivity contribution in [3.8, 4) is 0 Å². The zero-order valence-electron chi connectivity index (χ0n) is 10.4. The summed E-state index contributed by atoms with van der Waals surface area (Å²) in [5, 5.41) is 3.40. The number of hydrogen-bond acceptors (Lipinski definition) is 1. The molecule has 1 atom stereocenters. The van der Waals surface area contributed by atoms with Gasteiger partial charge in [0.15, 0.2) is 0 Å². The second-order valence-corrected chi connectivity index (χ2v) is 4.92. The van der Waals surface area contributed by atoms with E-state index < -0.39 is 0 Å². The second kappa shape index (κ2) is 4.45. The summed E-state index contributed by atoms with van der Waals surface area (Å²) in [5.41, 5.74) is 4.52. The third-order valence-electron chi connectivity index (χ3n) is 3.55. The van der Waals surface area contributed by atoms with Crippen LogP contribution in [-0.2, 0) is 0 Å². The predicted octanol–water partition coefficient (Wildman–Crippen LogP) is 4.08. The van der Waals surface area contributed by atoms with Crippen molar-refractivity contribution in [3.63, 3.8) is 0 Å². The van der Waals surface area contributed by atoms with Gasteiger partial charge in [-0.15, -0.1) is 0 Å². The zero-order valence-corrected chi connectivity index (χ0v) is 10.4. The Morgan fingerprint density at radius 3 is 2.83 bits per heavy atom. The molecule has 1 heterocycles. The van der Waals surface area contributed by atoms with Crippen LogP contribution in [0.15, 0.2) is 42.5 Å².